The average molecular weight is 277 g/mol. The number of ketones is 1. The summed E-state index contributed by atoms with van der Waals surface area (Å²) in [5.41, 5.74) is 0. The molecule has 1 fully saturated rings. The van der Waals surface area contributed by atoms with Gasteiger partial charge in [0.15, 0.2) is 6.04 Å². The van der Waals surface area contributed by atoms with E-state index < -0.39 is 10.1 Å². The van der Waals surface area contributed by atoms with Crippen molar-refractivity contribution in [3.63, 3.8) is 0 Å². The molecule has 18 heavy (non-hydrogen) atoms. The lowest BCUT2D eigenvalue weighted by Gasteiger charge is -2.43. The highest BCUT2D eigenvalue weighted by molar-refractivity contribution is 7.85. The Kier molecular flexibility index (Phi) is 5.03. The van der Waals surface area contributed by atoms with Crippen LogP contribution in [0.25, 0.3) is 0 Å². The molecule has 1 heterocycles. The quantitative estimate of drug-likeness (QED) is 0.386. The number of piperazine rings is 1. The van der Waals surface area contributed by atoms with Crippen LogP contribution in [0.1, 0.15) is 6.42 Å². The van der Waals surface area contributed by atoms with Gasteiger partial charge in [-0.1, -0.05) is 6.58 Å². The van der Waals surface area contributed by atoms with Crippen molar-refractivity contribution in [2.24, 2.45) is 0 Å². The first-order valence-corrected chi connectivity index (χ1v) is 7.56. The Morgan fingerprint density at radius 2 is 2.28 bits per heavy atom. The zero-order valence-corrected chi connectivity index (χ0v) is 11.4. The van der Waals surface area contributed by atoms with Crippen LogP contribution in [0.5, 0.6) is 0 Å². The fourth-order valence-electron chi connectivity index (χ4n) is 2.37. The van der Waals surface area contributed by atoms with Gasteiger partial charge in [-0.25, -0.2) is 0 Å². The Morgan fingerprint density at radius 3 is 2.83 bits per heavy atom. The van der Waals surface area contributed by atoms with Crippen LogP contribution in [-0.2, 0) is 14.9 Å². The number of likely N-dealkylation sites (N-methyl/N-ethyl adjacent to an activating group) is 1. The molecule has 0 aromatic carbocycles. The van der Waals surface area contributed by atoms with E-state index in [1.807, 2.05) is 7.05 Å². The second-order valence-electron chi connectivity index (χ2n) is 4.89. The highest BCUT2D eigenvalue weighted by Gasteiger charge is 2.38. The first kappa shape index (κ1) is 15.3. The van der Waals surface area contributed by atoms with E-state index in [0.717, 1.165) is 13.1 Å². The van der Waals surface area contributed by atoms with E-state index in [1.54, 1.807) is 0 Å². The molecule has 0 spiro atoms. The minimum absolute atomic E-state index is 0.0310. The van der Waals surface area contributed by atoms with Crippen molar-refractivity contribution in [2.75, 3.05) is 39.0 Å². The van der Waals surface area contributed by atoms with Crippen molar-refractivity contribution in [1.82, 2.24) is 5.32 Å². The largest absolute Gasteiger partial charge is 0.315 e. The van der Waals surface area contributed by atoms with E-state index in [2.05, 4.69) is 11.9 Å². The van der Waals surface area contributed by atoms with E-state index in [-0.39, 0.29) is 17.6 Å². The van der Waals surface area contributed by atoms with Crippen LogP contribution in [0.2, 0.25) is 0 Å². The second kappa shape index (κ2) is 5.92. The molecule has 104 valence electrons. The molecule has 7 heteroatoms. The van der Waals surface area contributed by atoms with Crippen LogP contribution in [0.3, 0.4) is 0 Å². The van der Waals surface area contributed by atoms with Crippen molar-refractivity contribution in [1.29, 1.82) is 0 Å². The van der Waals surface area contributed by atoms with Crippen molar-refractivity contribution in [3.8, 4) is 0 Å². The predicted octanol–water partition coefficient (Wildman–Crippen LogP) is -0.562. The van der Waals surface area contributed by atoms with Gasteiger partial charge in [0.1, 0.15) is 0 Å². The molecule has 1 rings (SSSR count). The summed E-state index contributed by atoms with van der Waals surface area (Å²) in [7, 11) is -1.98. The third-order valence-electron chi connectivity index (χ3n) is 3.49. The maximum atomic E-state index is 11.8. The normalized spacial score (nSPS) is 28.9. The van der Waals surface area contributed by atoms with Gasteiger partial charge in [-0.15, -0.1) is 0 Å². The number of nitrogens with zero attached hydrogens (tertiary/aromatic N) is 1. The van der Waals surface area contributed by atoms with Gasteiger partial charge in [-0.05, 0) is 6.08 Å². The van der Waals surface area contributed by atoms with Gasteiger partial charge in [0.2, 0.25) is 5.78 Å². The van der Waals surface area contributed by atoms with Crippen molar-refractivity contribution in [2.45, 2.75) is 12.5 Å². The predicted molar refractivity (Wildman–Crippen MR) is 68.8 cm³/mol. The van der Waals surface area contributed by atoms with Gasteiger partial charge in [0.25, 0.3) is 10.1 Å². The highest BCUT2D eigenvalue weighted by atomic mass is 32.2. The number of hydrogen-bond donors (Lipinski definition) is 2. The number of hydrogen-bond acceptors (Lipinski definition) is 4. The van der Waals surface area contributed by atoms with Gasteiger partial charge in [0, 0.05) is 13.0 Å². The average Bonchev–Trinajstić information content (AvgIpc) is 2.26. The fraction of sp³-hybridized carbons (Fsp3) is 0.727. The van der Waals surface area contributed by atoms with E-state index in [0.29, 0.717) is 24.0 Å². The topological polar surface area (TPSA) is 83.5 Å². The molecule has 2 N–H and O–H groups in total. The third-order valence-corrected chi connectivity index (χ3v) is 4.29. The molecule has 1 aliphatic heterocycles. The van der Waals surface area contributed by atoms with E-state index in [9.17, 15) is 13.2 Å². The maximum Gasteiger partial charge on any atom is 0.265 e. The lowest BCUT2D eigenvalue weighted by atomic mass is 10.0. The molecule has 1 aliphatic rings. The van der Waals surface area contributed by atoms with Crippen LogP contribution in [0.4, 0.5) is 0 Å². The lowest BCUT2D eigenvalue weighted by molar-refractivity contribution is -0.926. The molecule has 0 saturated carbocycles. The maximum absolute atomic E-state index is 11.8. The van der Waals surface area contributed by atoms with E-state index in [1.165, 1.54) is 6.08 Å². The number of nitrogens with one attached hydrogen (secondary N) is 1. The third kappa shape index (κ3) is 4.16. The Hall–Kier alpha value is -0.760. The summed E-state index contributed by atoms with van der Waals surface area (Å²) in [6.45, 7) is 6.18. The van der Waals surface area contributed by atoms with Crippen LogP contribution in [0, 0.1) is 0 Å². The molecule has 1 saturated heterocycles. The highest BCUT2D eigenvalue weighted by Crippen LogP contribution is 2.16. The van der Waals surface area contributed by atoms with Crippen molar-refractivity contribution in [3.05, 3.63) is 12.7 Å². The van der Waals surface area contributed by atoms with E-state index in [4.69, 9.17) is 4.55 Å². The molecule has 0 aliphatic carbocycles. The zero-order valence-electron chi connectivity index (χ0n) is 10.6. The first-order valence-electron chi connectivity index (χ1n) is 5.95. The number of carbonyl (C=O) groups excluding carboxylic acids is 1. The minimum Gasteiger partial charge on any atom is -0.315 e. The van der Waals surface area contributed by atoms with Gasteiger partial charge in [-0.3, -0.25) is 9.35 Å². The smallest absolute Gasteiger partial charge is 0.265 e. The van der Waals surface area contributed by atoms with Crippen LogP contribution in [-0.4, -0.2) is 68.3 Å². The summed E-state index contributed by atoms with van der Waals surface area (Å²) >= 11 is 0. The Morgan fingerprint density at radius 1 is 1.61 bits per heavy atom. The molecule has 6 nitrogen and oxygen atoms in total. The molecule has 2 atom stereocenters. The summed E-state index contributed by atoms with van der Waals surface area (Å²) in [6.07, 6.45) is 1.66. The van der Waals surface area contributed by atoms with Crippen LogP contribution in [0.15, 0.2) is 12.7 Å². The van der Waals surface area contributed by atoms with Gasteiger partial charge in [0.05, 0.1) is 32.4 Å². The standard InChI is InChI=1S/C11H20N2O4S/c1-3-11(14)10-9-12-5-7-13(10,2)6-4-8-18(15,16)17/h3,10,12H,1,4-9H2,2H3/p+1. The zero-order chi connectivity index (χ0) is 13.8. The van der Waals surface area contributed by atoms with Gasteiger partial charge >= 0.3 is 0 Å². The van der Waals surface area contributed by atoms with Crippen LogP contribution < -0.4 is 5.32 Å². The first-order chi connectivity index (χ1) is 8.28. The lowest BCUT2D eigenvalue weighted by Crippen LogP contribution is -2.65. The summed E-state index contributed by atoms with van der Waals surface area (Å²) in [4.78, 5) is 11.8. The number of carbonyl (C=O) groups is 1. The summed E-state index contributed by atoms with van der Waals surface area (Å²) in [5, 5.41) is 3.16. The second-order valence-corrected chi connectivity index (χ2v) is 6.46. The van der Waals surface area contributed by atoms with Gasteiger partial charge in [-0.2, -0.15) is 8.42 Å². The summed E-state index contributed by atoms with van der Waals surface area (Å²) in [5.74, 6) is -0.292. The fourth-order valence-corrected chi connectivity index (χ4v) is 2.86. The van der Waals surface area contributed by atoms with Crippen molar-refractivity contribution < 1.29 is 22.2 Å². The molecule has 0 radical (unpaired) electrons. The number of rotatable bonds is 6. The molecule has 0 amide bonds. The summed E-state index contributed by atoms with van der Waals surface area (Å²) in [6, 6.07) is -0.224. The van der Waals surface area contributed by atoms with E-state index >= 15 is 0 Å². The minimum atomic E-state index is -3.93. The van der Waals surface area contributed by atoms with Crippen molar-refractivity contribution >= 4 is 15.9 Å². The molecule has 2 unspecified atom stereocenters. The SMILES string of the molecule is C=CC(=O)C1CNCC[N+]1(C)CCCS(=O)(=O)O. The Labute approximate surface area is 108 Å². The Bertz CT molecular complexity index is 421. The molecule has 0 bridgehead atoms. The monoisotopic (exact) mass is 277 g/mol. The molecular formula is C11H21N2O4S+. The van der Waals surface area contributed by atoms with Crippen LogP contribution >= 0.6 is 0 Å². The summed E-state index contributed by atoms with van der Waals surface area (Å²) < 4.78 is 30.6. The number of quaternary nitrogens is 1. The van der Waals surface area contributed by atoms with Gasteiger partial charge < -0.3 is 9.80 Å². The molecule has 0 aromatic rings. The molecule has 0 aromatic heterocycles. The Balaban J connectivity index is 2.67. The molecular weight excluding hydrogens is 256 g/mol.